The molecule has 0 bridgehead atoms. The van der Waals surface area contributed by atoms with Crippen LogP contribution in [0.2, 0.25) is 0 Å². The van der Waals surface area contributed by atoms with Crippen LogP contribution in [0, 0.1) is 0 Å². The van der Waals surface area contributed by atoms with Crippen LogP contribution in [0.15, 0.2) is 0 Å². The van der Waals surface area contributed by atoms with E-state index in [4.69, 9.17) is 9.05 Å². The zero-order valence-corrected chi connectivity index (χ0v) is 11.0. The summed E-state index contributed by atoms with van der Waals surface area (Å²) in [5.74, 6) is 0. The molecule has 1 rings (SSSR count). The van der Waals surface area contributed by atoms with E-state index in [1.807, 2.05) is 0 Å². The van der Waals surface area contributed by atoms with Crippen LogP contribution >= 0.6 is 7.82 Å². The maximum Gasteiger partial charge on any atom is 0.472 e. The van der Waals surface area contributed by atoms with Gasteiger partial charge in [-0.05, 0) is 19.3 Å². The van der Waals surface area contributed by atoms with Gasteiger partial charge in [-0.2, -0.15) is 0 Å². The predicted octanol–water partition coefficient (Wildman–Crippen LogP) is 3.64. The molecular formula is C11H23O4P. The highest BCUT2D eigenvalue weighted by molar-refractivity contribution is 7.47. The molecule has 0 radical (unpaired) electrons. The van der Waals surface area contributed by atoms with Gasteiger partial charge >= 0.3 is 7.82 Å². The molecule has 1 saturated carbocycles. The van der Waals surface area contributed by atoms with E-state index in [1.165, 1.54) is 6.42 Å². The quantitative estimate of drug-likeness (QED) is 0.553. The van der Waals surface area contributed by atoms with Crippen molar-refractivity contribution < 1.29 is 18.5 Å². The zero-order valence-electron chi connectivity index (χ0n) is 10.1. The molecular weight excluding hydrogens is 227 g/mol. The second-order valence-electron chi connectivity index (χ2n) is 4.37. The zero-order chi connectivity index (χ0) is 11.9. The summed E-state index contributed by atoms with van der Waals surface area (Å²) in [6.07, 6.45) is 7.94. The first-order valence-corrected chi connectivity index (χ1v) is 7.79. The summed E-state index contributed by atoms with van der Waals surface area (Å²) in [4.78, 5) is 9.48. The lowest BCUT2D eigenvalue weighted by atomic mass is 9.98. The first kappa shape index (κ1) is 14.2. The summed E-state index contributed by atoms with van der Waals surface area (Å²) < 4.78 is 21.6. The maximum absolute atomic E-state index is 11.6. The Balaban J connectivity index is 2.19. The van der Waals surface area contributed by atoms with Crippen molar-refractivity contribution in [2.45, 2.75) is 64.4 Å². The van der Waals surface area contributed by atoms with Gasteiger partial charge in [0.05, 0.1) is 12.7 Å². The normalized spacial score (nSPS) is 21.9. The molecule has 0 aromatic heterocycles. The van der Waals surface area contributed by atoms with E-state index in [-0.39, 0.29) is 6.10 Å². The van der Waals surface area contributed by atoms with Crippen LogP contribution in [-0.4, -0.2) is 17.6 Å². The third-order valence-electron chi connectivity index (χ3n) is 2.84. The van der Waals surface area contributed by atoms with Gasteiger partial charge in [0.15, 0.2) is 0 Å². The largest absolute Gasteiger partial charge is 0.472 e. The summed E-state index contributed by atoms with van der Waals surface area (Å²) in [7, 11) is -3.80. The molecule has 0 aromatic carbocycles. The standard InChI is InChI=1S/C11H23O4P/c1-2-3-7-10-14-16(12,13)15-11-8-5-4-6-9-11/h11H,2-10H2,1H3,(H,12,13). The van der Waals surface area contributed by atoms with E-state index < -0.39 is 7.82 Å². The average Bonchev–Trinajstić information content (AvgIpc) is 2.25. The van der Waals surface area contributed by atoms with Gasteiger partial charge in [-0.25, -0.2) is 4.57 Å². The highest BCUT2D eigenvalue weighted by Crippen LogP contribution is 2.46. The lowest BCUT2D eigenvalue weighted by Crippen LogP contribution is -2.16. The molecule has 5 heteroatoms. The number of hydrogen-bond donors (Lipinski definition) is 1. The van der Waals surface area contributed by atoms with Crippen LogP contribution in [0.3, 0.4) is 0 Å². The summed E-state index contributed by atoms with van der Waals surface area (Å²) >= 11 is 0. The monoisotopic (exact) mass is 250 g/mol. The first-order chi connectivity index (χ1) is 7.64. The van der Waals surface area contributed by atoms with Crippen molar-refractivity contribution in [3.05, 3.63) is 0 Å². The Hall–Kier alpha value is 0.110. The Morgan fingerprint density at radius 3 is 2.56 bits per heavy atom. The maximum atomic E-state index is 11.6. The Morgan fingerprint density at radius 2 is 1.94 bits per heavy atom. The summed E-state index contributed by atoms with van der Waals surface area (Å²) in [5.41, 5.74) is 0. The minimum absolute atomic E-state index is 0.0873. The van der Waals surface area contributed by atoms with Crippen molar-refractivity contribution in [3.8, 4) is 0 Å². The molecule has 0 amide bonds. The highest BCUT2D eigenvalue weighted by atomic mass is 31.2. The summed E-state index contributed by atoms with van der Waals surface area (Å²) in [6.45, 7) is 2.39. The number of phosphoric acid groups is 1. The van der Waals surface area contributed by atoms with Crippen molar-refractivity contribution in [2.75, 3.05) is 6.61 Å². The van der Waals surface area contributed by atoms with E-state index in [9.17, 15) is 9.46 Å². The van der Waals surface area contributed by atoms with Gasteiger partial charge in [0.2, 0.25) is 0 Å². The Morgan fingerprint density at radius 1 is 1.25 bits per heavy atom. The molecule has 96 valence electrons. The van der Waals surface area contributed by atoms with Gasteiger partial charge in [-0.15, -0.1) is 0 Å². The van der Waals surface area contributed by atoms with Crippen molar-refractivity contribution in [1.29, 1.82) is 0 Å². The fourth-order valence-electron chi connectivity index (χ4n) is 1.92. The van der Waals surface area contributed by atoms with Gasteiger partial charge in [-0.3, -0.25) is 9.05 Å². The van der Waals surface area contributed by atoms with Crippen LogP contribution in [0.4, 0.5) is 0 Å². The van der Waals surface area contributed by atoms with Crippen LogP contribution in [-0.2, 0) is 13.6 Å². The molecule has 1 unspecified atom stereocenters. The van der Waals surface area contributed by atoms with Gasteiger partial charge < -0.3 is 4.89 Å². The summed E-state index contributed by atoms with van der Waals surface area (Å²) in [6, 6.07) is 0. The Bertz CT molecular complexity index is 226. The van der Waals surface area contributed by atoms with E-state index in [0.717, 1.165) is 44.9 Å². The molecule has 1 fully saturated rings. The lowest BCUT2D eigenvalue weighted by Gasteiger charge is -2.23. The highest BCUT2D eigenvalue weighted by Gasteiger charge is 2.27. The average molecular weight is 250 g/mol. The third-order valence-corrected chi connectivity index (χ3v) is 3.91. The topological polar surface area (TPSA) is 55.8 Å². The SMILES string of the molecule is CCCCCOP(=O)(O)OC1CCCCC1. The summed E-state index contributed by atoms with van der Waals surface area (Å²) in [5, 5.41) is 0. The molecule has 4 nitrogen and oxygen atoms in total. The molecule has 1 aliphatic rings. The molecule has 16 heavy (non-hydrogen) atoms. The fraction of sp³-hybridized carbons (Fsp3) is 1.00. The second-order valence-corrected chi connectivity index (χ2v) is 5.78. The van der Waals surface area contributed by atoms with Gasteiger partial charge in [0, 0.05) is 0 Å². The number of unbranched alkanes of at least 4 members (excludes halogenated alkanes) is 2. The van der Waals surface area contributed by atoms with Gasteiger partial charge in [0.25, 0.3) is 0 Å². The molecule has 0 saturated heterocycles. The van der Waals surface area contributed by atoms with Crippen LogP contribution < -0.4 is 0 Å². The van der Waals surface area contributed by atoms with E-state index in [1.54, 1.807) is 0 Å². The Kier molecular flexibility index (Phi) is 6.59. The minimum atomic E-state index is -3.80. The van der Waals surface area contributed by atoms with Crippen molar-refractivity contribution in [2.24, 2.45) is 0 Å². The van der Waals surface area contributed by atoms with Crippen molar-refractivity contribution in [1.82, 2.24) is 0 Å². The molecule has 0 aromatic rings. The minimum Gasteiger partial charge on any atom is -0.302 e. The fourth-order valence-corrected chi connectivity index (χ4v) is 2.93. The van der Waals surface area contributed by atoms with Crippen LogP contribution in [0.25, 0.3) is 0 Å². The van der Waals surface area contributed by atoms with Crippen molar-refractivity contribution >= 4 is 7.82 Å². The first-order valence-electron chi connectivity index (χ1n) is 6.30. The molecule has 1 atom stereocenters. The van der Waals surface area contributed by atoms with Crippen molar-refractivity contribution in [3.63, 3.8) is 0 Å². The Labute approximate surface area is 98.0 Å². The van der Waals surface area contributed by atoms with Gasteiger partial charge in [0.1, 0.15) is 0 Å². The molecule has 1 N–H and O–H groups in total. The smallest absolute Gasteiger partial charge is 0.302 e. The lowest BCUT2D eigenvalue weighted by molar-refractivity contribution is 0.0818. The molecule has 1 aliphatic carbocycles. The number of hydrogen-bond acceptors (Lipinski definition) is 3. The van der Waals surface area contributed by atoms with E-state index in [2.05, 4.69) is 6.92 Å². The van der Waals surface area contributed by atoms with E-state index >= 15 is 0 Å². The van der Waals surface area contributed by atoms with E-state index in [0.29, 0.717) is 6.61 Å². The predicted molar refractivity (Wildman–Crippen MR) is 63.3 cm³/mol. The van der Waals surface area contributed by atoms with Gasteiger partial charge in [-0.1, -0.05) is 39.0 Å². The molecule has 0 aliphatic heterocycles. The number of rotatable bonds is 7. The van der Waals surface area contributed by atoms with Crippen LogP contribution in [0.1, 0.15) is 58.3 Å². The molecule has 0 spiro atoms. The van der Waals surface area contributed by atoms with Crippen LogP contribution in [0.5, 0.6) is 0 Å². The second kappa shape index (κ2) is 7.44. The molecule has 0 heterocycles. The third kappa shape index (κ3) is 6.00. The number of phosphoric ester groups is 1.